The van der Waals surface area contributed by atoms with Crippen LogP contribution in [0.25, 0.3) is 0 Å². The molecule has 0 radical (unpaired) electrons. The molecule has 3 nitrogen and oxygen atoms in total. The zero-order valence-electron chi connectivity index (χ0n) is 9.93. The molecule has 1 aromatic carbocycles. The number of likely N-dealkylation sites (N-methyl/N-ethyl adjacent to an activating group) is 1. The van der Waals surface area contributed by atoms with Gasteiger partial charge in [-0.15, -0.1) is 0 Å². The number of carbonyl (C=O) groups excluding carboxylic acids is 1. The lowest BCUT2D eigenvalue weighted by molar-refractivity contribution is 0.0678. The number of ether oxygens (including phenoxy) is 1. The van der Waals surface area contributed by atoms with Crippen molar-refractivity contribution < 1.29 is 9.53 Å². The van der Waals surface area contributed by atoms with Crippen molar-refractivity contribution in [2.75, 3.05) is 7.05 Å². The number of carbonyl (C=O) groups is 1. The van der Waals surface area contributed by atoms with Crippen molar-refractivity contribution >= 4 is 6.09 Å². The van der Waals surface area contributed by atoms with E-state index in [1.54, 1.807) is 11.9 Å². The molecule has 0 bridgehead atoms. The van der Waals surface area contributed by atoms with Gasteiger partial charge in [0.1, 0.15) is 5.60 Å². The number of nitrogens with zero attached hydrogens (tertiary/aromatic N) is 1. The molecule has 0 aromatic heterocycles. The molecule has 0 spiro atoms. The average molecular weight is 219 g/mol. The maximum absolute atomic E-state index is 11.5. The molecule has 3 heteroatoms. The number of cyclic esters (lactones) is 1. The third-order valence-electron chi connectivity index (χ3n) is 3.18. The van der Waals surface area contributed by atoms with Crippen LogP contribution in [0.15, 0.2) is 30.3 Å². The molecule has 1 amide bonds. The van der Waals surface area contributed by atoms with Gasteiger partial charge in [-0.2, -0.15) is 0 Å². The smallest absolute Gasteiger partial charge is 0.410 e. The van der Waals surface area contributed by atoms with E-state index in [4.69, 9.17) is 4.74 Å². The van der Waals surface area contributed by atoms with E-state index in [0.29, 0.717) is 0 Å². The Labute approximate surface area is 96.0 Å². The summed E-state index contributed by atoms with van der Waals surface area (Å²) in [5.41, 5.74) is 0.813. The molecule has 0 aliphatic carbocycles. The van der Waals surface area contributed by atoms with Crippen LogP contribution in [0.3, 0.4) is 0 Å². The van der Waals surface area contributed by atoms with Gasteiger partial charge in [0, 0.05) is 7.05 Å². The van der Waals surface area contributed by atoms with Gasteiger partial charge in [-0.3, -0.25) is 0 Å². The Kier molecular flexibility index (Phi) is 2.62. The SMILES string of the molecule is CN1C(=O)OC(C)(C)[C@H]1Cc1ccccc1. The largest absolute Gasteiger partial charge is 0.441 e. The van der Waals surface area contributed by atoms with Gasteiger partial charge in [-0.25, -0.2) is 4.79 Å². The summed E-state index contributed by atoms with van der Waals surface area (Å²) < 4.78 is 5.33. The topological polar surface area (TPSA) is 29.5 Å². The van der Waals surface area contributed by atoms with Gasteiger partial charge < -0.3 is 9.64 Å². The van der Waals surface area contributed by atoms with Crippen LogP contribution < -0.4 is 0 Å². The van der Waals surface area contributed by atoms with Gasteiger partial charge >= 0.3 is 6.09 Å². The van der Waals surface area contributed by atoms with Gasteiger partial charge in [-0.05, 0) is 25.8 Å². The summed E-state index contributed by atoms with van der Waals surface area (Å²) in [5.74, 6) is 0. The first kappa shape index (κ1) is 11.0. The number of hydrogen-bond acceptors (Lipinski definition) is 2. The average Bonchev–Trinajstić information content (AvgIpc) is 2.42. The van der Waals surface area contributed by atoms with Gasteiger partial charge in [0.05, 0.1) is 6.04 Å². The maximum atomic E-state index is 11.5. The molecule has 0 saturated carbocycles. The maximum Gasteiger partial charge on any atom is 0.410 e. The van der Waals surface area contributed by atoms with Crippen LogP contribution >= 0.6 is 0 Å². The number of benzene rings is 1. The van der Waals surface area contributed by atoms with Crippen LogP contribution in [0.5, 0.6) is 0 Å². The lowest BCUT2D eigenvalue weighted by Crippen LogP contribution is -2.41. The van der Waals surface area contributed by atoms with Gasteiger partial charge in [-0.1, -0.05) is 30.3 Å². The molecule has 1 atom stereocenters. The van der Waals surface area contributed by atoms with E-state index in [1.807, 2.05) is 32.0 Å². The molecule has 1 aliphatic heterocycles. The van der Waals surface area contributed by atoms with E-state index in [2.05, 4.69) is 12.1 Å². The minimum Gasteiger partial charge on any atom is -0.441 e. The predicted octanol–water partition coefficient (Wildman–Crippen LogP) is 2.46. The van der Waals surface area contributed by atoms with Gasteiger partial charge in [0.2, 0.25) is 0 Å². The Balaban J connectivity index is 2.18. The molecular weight excluding hydrogens is 202 g/mol. The molecule has 0 N–H and O–H groups in total. The number of amides is 1. The number of hydrogen-bond donors (Lipinski definition) is 0. The van der Waals surface area contributed by atoms with Crippen molar-refractivity contribution in [1.29, 1.82) is 0 Å². The third kappa shape index (κ3) is 1.90. The summed E-state index contributed by atoms with van der Waals surface area (Å²) in [6.45, 7) is 3.92. The highest BCUT2D eigenvalue weighted by molar-refractivity contribution is 5.71. The normalized spacial score (nSPS) is 23.3. The van der Waals surface area contributed by atoms with E-state index in [-0.39, 0.29) is 12.1 Å². The summed E-state index contributed by atoms with van der Waals surface area (Å²) in [7, 11) is 1.80. The fourth-order valence-corrected chi connectivity index (χ4v) is 2.18. The van der Waals surface area contributed by atoms with Crippen molar-refractivity contribution in [3.8, 4) is 0 Å². The van der Waals surface area contributed by atoms with E-state index in [1.165, 1.54) is 5.56 Å². The zero-order chi connectivity index (χ0) is 11.8. The van der Waals surface area contributed by atoms with Crippen LogP contribution in [0.1, 0.15) is 19.4 Å². The van der Waals surface area contributed by atoms with Gasteiger partial charge in [0.15, 0.2) is 0 Å². The van der Waals surface area contributed by atoms with Crippen LogP contribution in [0, 0.1) is 0 Å². The van der Waals surface area contributed by atoms with Crippen molar-refractivity contribution in [2.45, 2.75) is 31.9 Å². The van der Waals surface area contributed by atoms with E-state index >= 15 is 0 Å². The molecule has 86 valence electrons. The van der Waals surface area contributed by atoms with Crippen LogP contribution in [0.4, 0.5) is 4.79 Å². The zero-order valence-corrected chi connectivity index (χ0v) is 9.93. The summed E-state index contributed by atoms with van der Waals surface area (Å²) in [6.07, 6.45) is 0.599. The summed E-state index contributed by atoms with van der Waals surface area (Å²) in [6, 6.07) is 10.3. The first-order valence-electron chi connectivity index (χ1n) is 5.50. The van der Waals surface area contributed by atoms with Crippen LogP contribution in [0.2, 0.25) is 0 Å². The molecule has 1 aliphatic rings. The monoisotopic (exact) mass is 219 g/mol. The van der Waals surface area contributed by atoms with E-state index < -0.39 is 5.60 Å². The molecule has 1 saturated heterocycles. The Bertz CT molecular complexity index is 386. The highest BCUT2D eigenvalue weighted by Crippen LogP contribution is 2.30. The van der Waals surface area contributed by atoms with E-state index in [0.717, 1.165) is 6.42 Å². The van der Waals surface area contributed by atoms with Crippen molar-refractivity contribution in [3.63, 3.8) is 0 Å². The molecule has 1 heterocycles. The van der Waals surface area contributed by atoms with Crippen molar-refractivity contribution in [3.05, 3.63) is 35.9 Å². The number of rotatable bonds is 2. The Morgan fingerprint density at radius 3 is 2.44 bits per heavy atom. The minimum atomic E-state index is -0.415. The lowest BCUT2D eigenvalue weighted by atomic mass is 9.92. The summed E-state index contributed by atoms with van der Waals surface area (Å²) in [4.78, 5) is 13.2. The van der Waals surface area contributed by atoms with Gasteiger partial charge in [0.25, 0.3) is 0 Å². The Morgan fingerprint density at radius 2 is 1.94 bits per heavy atom. The highest BCUT2D eigenvalue weighted by atomic mass is 16.6. The standard InChI is InChI=1S/C13H17NO2/c1-13(2)11(14(3)12(15)16-13)9-10-7-5-4-6-8-10/h4-8,11H,9H2,1-3H3/t11-/m1/s1. The second-order valence-electron chi connectivity index (χ2n) is 4.79. The second-order valence-corrected chi connectivity index (χ2v) is 4.79. The second kappa shape index (κ2) is 3.81. The lowest BCUT2D eigenvalue weighted by Gasteiger charge is -2.26. The molecule has 0 unspecified atom stereocenters. The predicted molar refractivity (Wildman–Crippen MR) is 62.3 cm³/mol. The molecular formula is C13H17NO2. The fraction of sp³-hybridized carbons (Fsp3) is 0.462. The molecule has 1 fully saturated rings. The first-order chi connectivity index (χ1) is 7.50. The van der Waals surface area contributed by atoms with E-state index in [9.17, 15) is 4.79 Å². The molecule has 16 heavy (non-hydrogen) atoms. The van der Waals surface area contributed by atoms with Crippen LogP contribution in [-0.4, -0.2) is 29.7 Å². The quantitative estimate of drug-likeness (QED) is 0.764. The Morgan fingerprint density at radius 1 is 1.31 bits per heavy atom. The Hall–Kier alpha value is -1.51. The van der Waals surface area contributed by atoms with Crippen LogP contribution in [-0.2, 0) is 11.2 Å². The van der Waals surface area contributed by atoms with Crippen molar-refractivity contribution in [2.24, 2.45) is 0 Å². The highest BCUT2D eigenvalue weighted by Gasteiger charge is 2.45. The summed E-state index contributed by atoms with van der Waals surface area (Å²) in [5, 5.41) is 0. The summed E-state index contributed by atoms with van der Waals surface area (Å²) >= 11 is 0. The minimum absolute atomic E-state index is 0.0994. The third-order valence-corrected chi connectivity index (χ3v) is 3.18. The molecule has 1 aromatic rings. The van der Waals surface area contributed by atoms with Crippen molar-refractivity contribution in [1.82, 2.24) is 4.90 Å². The fourth-order valence-electron chi connectivity index (χ4n) is 2.18. The molecule has 2 rings (SSSR count). The first-order valence-corrected chi connectivity index (χ1v) is 5.50.